The van der Waals surface area contributed by atoms with Crippen LogP contribution in [-0.4, -0.2) is 13.4 Å². The molecule has 9 heteroatoms. The molecule has 0 radical (unpaired) electrons. The van der Waals surface area contributed by atoms with Gasteiger partial charge in [0.05, 0.1) is 21.4 Å². The van der Waals surface area contributed by atoms with Crippen molar-refractivity contribution in [3.8, 4) is 0 Å². The summed E-state index contributed by atoms with van der Waals surface area (Å²) in [6.45, 7) is 1.63. The van der Waals surface area contributed by atoms with Crippen LogP contribution in [0.15, 0.2) is 33.8 Å². The third kappa shape index (κ3) is 3.48. The van der Waals surface area contributed by atoms with Gasteiger partial charge in [-0.25, -0.2) is 17.8 Å². The van der Waals surface area contributed by atoms with Crippen molar-refractivity contribution in [1.82, 2.24) is 4.98 Å². The zero-order valence-corrected chi connectivity index (χ0v) is 14.4. The van der Waals surface area contributed by atoms with Crippen LogP contribution < -0.4 is 4.72 Å². The first-order valence-corrected chi connectivity index (χ1v) is 8.55. The summed E-state index contributed by atoms with van der Waals surface area (Å²) in [5, 5.41) is -0.807. The van der Waals surface area contributed by atoms with E-state index in [1.807, 2.05) is 0 Å². The van der Waals surface area contributed by atoms with E-state index in [1.165, 1.54) is 6.07 Å². The summed E-state index contributed by atoms with van der Waals surface area (Å²) in [4.78, 5) is 3.67. The van der Waals surface area contributed by atoms with Crippen molar-refractivity contribution in [3.05, 3.63) is 50.4 Å². The van der Waals surface area contributed by atoms with Gasteiger partial charge >= 0.3 is 0 Å². The summed E-state index contributed by atoms with van der Waals surface area (Å²) in [7, 11) is -4.05. The average Bonchev–Trinajstić information content (AvgIpc) is 2.39. The maximum atomic E-state index is 13.6. The normalized spacial score (nSPS) is 11.5. The molecule has 0 unspecified atom stereocenters. The molecule has 21 heavy (non-hydrogen) atoms. The molecule has 2 aromatic rings. The van der Waals surface area contributed by atoms with E-state index < -0.39 is 25.8 Å². The molecule has 0 spiro atoms. The molecule has 2 rings (SSSR count). The number of hydrogen-bond donors (Lipinski definition) is 1. The monoisotopic (exact) mass is 412 g/mol. The molecule has 1 aromatic carbocycles. The number of benzene rings is 1. The highest BCUT2D eigenvalue weighted by molar-refractivity contribution is 9.10. The number of nitrogens with one attached hydrogen (secondary N) is 1. The molecule has 0 aliphatic heterocycles. The van der Waals surface area contributed by atoms with E-state index in [0.717, 1.165) is 12.1 Å². The third-order valence-electron chi connectivity index (χ3n) is 2.59. The number of rotatable bonds is 3. The third-order valence-corrected chi connectivity index (χ3v) is 5.21. The second-order valence-corrected chi connectivity index (χ2v) is 7.29. The second kappa shape index (κ2) is 6.08. The Bertz CT molecular complexity index is 815. The lowest BCUT2D eigenvalue weighted by Crippen LogP contribution is -2.15. The Morgan fingerprint density at radius 1 is 1.24 bits per heavy atom. The van der Waals surface area contributed by atoms with Gasteiger partial charge in [-0.15, -0.1) is 0 Å². The second-order valence-electron chi connectivity index (χ2n) is 4.05. The fourth-order valence-corrected chi connectivity index (χ4v) is 3.82. The Morgan fingerprint density at radius 3 is 2.52 bits per heavy atom. The minimum absolute atomic E-state index is 0.250. The summed E-state index contributed by atoms with van der Waals surface area (Å²) in [5.41, 5.74) is 0.725. The summed E-state index contributed by atoms with van der Waals surface area (Å²) in [6.07, 6.45) is 0. The van der Waals surface area contributed by atoms with Gasteiger partial charge in [-0.1, -0.05) is 23.2 Å². The first-order chi connectivity index (χ1) is 9.72. The Balaban J connectivity index is 2.46. The number of aromatic nitrogens is 1. The van der Waals surface area contributed by atoms with Crippen LogP contribution in [0.4, 0.5) is 10.1 Å². The minimum atomic E-state index is -4.05. The molecule has 0 saturated carbocycles. The highest BCUT2D eigenvalue weighted by atomic mass is 79.9. The molecule has 1 N–H and O–H groups in total. The van der Waals surface area contributed by atoms with Crippen molar-refractivity contribution in [3.63, 3.8) is 0 Å². The van der Waals surface area contributed by atoms with Crippen molar-refractivity contribution in [2.75, 3.05) is 4.72 Å². The van der Waals surface area contributed by atoms with Gasteiger partial charge in [-0.3, -0.25) is 4.72 Å². The van der Waals surface area contributed by atoms with Gasteiger partial charge in [0.1, 0.15) is 9.50 Å². The molecule has 0 aliphatic rings. The van der Waals surface area contributed by atoms with Gasteiger partial charge in [0.25, 0.3) is 10.0 Å². The Kier molecular flexibility index (Phi) is 4.77. The van der Waals surface area contributed by atoms with Crippen LogP contribution in [0.5, 0.6) is 0 Å². The molecular weight excluding hydrogens is 406 g/mol. The lowest BCUT2D eigenvalue weighted by atomic mass is 10.3. The van der Waals surface area contributed by atoms with Gasteiger partial charge in [-0.2, -0.15) is 0 Å². The van der Waals surface area contributed by atoms with E-state index in [9.17, 15) is 12.8 Å². The number of pyridine rings is 1. The average molecular weight is 414 g/mol. The smallest absolute Gasteiger partial charge is 0.263 e. The molecule has 4 nitrogen and oxygen atoms in total. The van der Waals surface area contributed by atoms with Crippen molar-refractivity contribution in [1.29, 1.82) is 0 Å². The van der Waals surface area contributed by atoms with Crippen molar-refractivity contribution in [2.24, 2.45) is 0 Å². The quantitative estimate of drug-likeness (QED) is 0.599. The van der Waals surface area contributed by atoms with Crippen molar-refractivity contribution in [2.45, 2.75) is 11.8 Å². The van der Waals surface area contributed by atoms with Crippen LogP contribution in [0, 0.1) is 12.7 Å². The lowest BCUT2D eigenvalue weighted by molar-refractivity contribution is 0.595. The maximum Gasteiger partial charge on any atom is 0.263 e. The Labute approximate surface area is 139 Å². The number of aryl methyl sites for hydroxylation is 1. The van der Waals surface area contributed by atoms with Gasteiger partial charge in [0, 0.05) is 0 Å². The summed E-state index contributed by atoms with van der Waals surface area (Å²) in [5.74, 6) is -0.980. The Morgan fingerprint density at radius 2 is 1.90 bits per heavy atom. The first-order valence-electron chi connectivity index (χ1n) is 5.52. The molecule has 1 aromatic heterocycles. The number of nitrogens with zero attached hydrogens (tertiary/aromatic N) is 1. The van der Waals surface area contributed by atoms with E-state index >= 15 is 0 Å². The fourth-order valence-electron chi connectivity index (χ4n) is 1.55. The van der Waals surface area contributed by atoms with E-state index in [0.29, 0.717) is 10.3 Å². The predicted molar refractivity (Wildman–Crippen MR) is 83.9 cm³/mol. The highest BCUT2D eigenvalue weighted by Gasteiger charge is 2.22. The number of hydrogen-bond acceptors (Lipinski definition) is 3. The number of anilines is 1. The topological polar surface area (TPSA) is 59.1 Å². The molecule has 0 fully saturated rings. The van der Waals surface area contributed by atoms with E-state index in [4.69, 9.17) is 23.2 Å². The lowest BCUT2D eigenvalue weighted by Gasteiger charge is -2.12. The maximum absolute atomic E-state index is 13.6. The van der Waals surface area contributed by atoms with Crippen LogP contribution >= 0.6 is 39.1 Å². The molecule has 0 bridgehead atoms. The largest absolute Gasteiger partial charge is 0.278 e. The Hall–Kier alpha value is -0.890. The molecule has 0 aliphatic carbocycles. The number of sulfonamides is 1. The van der Waals surface area contributed by atoms with Crippen LogP contribution in [-0.2, 0) is 10.0 Å². The van der Waals surface area contributed by atoms with Gasteiger partial charge < -0.3 is 0 Å². The molecule has 0 amide bonds. The summed E-state index contributed by atoms with van der Waals surface area (Å²) < 4.78 is 41.1. The highest BCUT2D eigenvalue weighted by Crippen LogP contribution is 2.31. The van der Waals surface area contributed by atoms with Crippen LogP contribution in [0.25, 0.3) is 0 Å². The SMILES string of the molecule is Cc1nc(Br)ccc1NS(=O)(=O)c1ccc(Cl)c(F)c1Cl. The molecule has 112 valence electrons. The minimum Gasteiger partial charge on any atom is -0.278 e. The van der Waals surface area contributed by atoms with E-state index in [-0.39, 0.29) is 10.7 Å². The van der Waals surface area contributed by atoms with Gasteiger partial charge in [-0.05, 0) is 47.1 Å². The van der Waals surface area contributed by atoms with Crippen LogP contribution in [0.2, 0.25) is 10.0 Å². The van der Waals surface area contributed by atoms with Crippen LogP contribution in [0.3, 0.4) is 0 Å². The molecule has 0 atom stereocenters. The fraction of sp³-hybridized carbons (Fsp3) is 0.0833. The van der Waals surface area contributed by atoms with Crippen molar-refractivity contribution >= 4 is 54.8 Å². The summed E-state index contributed by atoms with van der Waals surface area (Å²) in [6, 6.07) is 5.38. The van der Waals surface area contributed by atoms with Crippen molar-refractivity contribution < 1.29 is 12.8 Å². The first kappa shape index (κ1) is 16.5. The van der Waals surface area contributed by atoms with Gasteiger partial charge in [0.15, 0.2) is 5.82 Å². The van der Waals surface area contributed by atoms with Gasteiger partial charge in [0.2, 0.25) is 0 Å². The molecular formula is C12H8BrCl2FN2O2S. The number of halogens is 4. The summed E-state index contributed by atoms with van der Waals surface area (Å²) >= 11 is 14.4. The van der Waals surface area contributed by atoms with E-state index in [2.05, 4.69) is 25.6 Å². The predicted octanol–water partition coefficient (Wildman–Crippen LogP) is 4.40. The van der Waals surface area contributed by atoms with Crippen LogP contribution in [0.1, 0.15) is 5.69 Å². The van der Waals surface area contributed by atoms with E-state index in [1.54, 1.807) is 13.0 Å². The standard InChI is InChI=1S/C12H8BrCl2FN2O2S/c1-6-8(3-5-10(13)17-6)18-21(19,20)9-4-2-7(14)12(16)11(9)15/h2-5,18H,1H3. The zero-order valence-electron chi connectivity index (χ0n) is 10.5. The zero-order chi connectivity index (χ0) is 15.8. The molecule has 1 heterocycles. The molecule has 0 saturated heterocycles.